The first-order valence-corrected chi connectivity index (χ1v) is 13.9. The molecule has 1 aliphatic carbocycles. The normalized spacial score (nSPS) is 21.1. The highest BCUT2D eigenvalue weighted by Gasteiger charge is 2.33. The van der Waals surface area contributed by atoms with Crippen molar-refractivity contribution in [3.63, 3.8) is 0 Å². The fourth-order valence-corrected chi connectivity index (χ4v) is 5.64. The summed E-state index contributed by atoms with van der Waals surface area (Å²) in [5.41, 5.74) is 4.26. The summed E-state index contributed by atoms with van der Waals surface area (Å²) in [6.45, 7) is 3.60. The SMILES string of the molecule is CC(=O)C1CCC(C(=O)c2cc(CC3=CNC(=NC(C)c4ccc(N(C)C)cc4)C3)ccc2CC(F)(F)F)CC1. The Balaban J connectivity index is 1.45. The van der Waals surface area contributed by atoms with E-state index in [9.17, 15) is 22.8 Å². The van der Waals surface area contributed by atoms with Gasteiger partial charge in [0.25, 0.3) is 0 Å². The standard InChI is InChI=1S/C32H38F3N3O2/c1-20(24-11-13-28(14-12-24)38(3)4)37-30-17-23(19-36-30)15-22-5-6-27(18-32(33,34)35)29(16-22)31(40)26-9-7-25(8-10-26)21(2)39/h5-6,11-14,16,19-20,25-26H,7-10,15,17-18H2,1-4H3,(H,36,37). The van der Waals surface area contributed by atoms with Crippen molar-refractivity contribution < 1.29 is 22.8 Å². The molecule has 1 fully saturated rings. The first kappa shape index (κ1) is 29.6. The predicted molar refractivity (Wildman–Crippen MR) is 153 cm³/mol. The fourth-order valence-electron chi connectivity index (χ4n) is 5.64. The average molecular weight is 554 g/mol. The van der Waals surface area contributed by atoms with Crippen LogP contribution in [0.25, 0.3) is 0 Å². The molecule has 214 valence electrons. The third-order valence-corrected chi connectivity index (χ3v) is 8.01. The number of carbonyl (C=O) groups excluding carboxylic acids is 2. The van der Waals surface area contributed by atoms with Crippen LogP contribution in [0.3, 0.4) is 0 Å². The highest BCUT2D eigenvalue weighted by molar-refractivity contribution is 5.99. The van der Waals surface area contributed by atoms with E-state index in [1.165, 1.54) is 6.07 Å². The Kier molecular flexibility index (Phi) is 9.16. The summed E-state index contributed by atoms with van der Waals surface area (Å²) in [6, 6.07) is 13.0. The second-order valence-corrected chi connectivity index (χ2v) is 11.3. The van der Waals surface area contributed by atoms with E-state index in [0.717, 1.165) is 28.2 Å². The van der Waals surface area contributed by atoms with Gasteiger partial charge in [-0.2, -0.15) is 13.2 Å². The maximum Gasteiger partial charge on any atom is 0.393 e. The lowest BCUT2D eigenvalue weighted by Gasteiger charge is -2.27. The Labute approximate surface area is 234 Å². The van der Waals surface area contributed by atoms with Crippen LogP contribution in [-0.4, -0.2) is 37.7 Å². The van der Waals surface area contributed by atoms with Crippen LogP contribution in [0.15, 0.2) is 59.2 Å². The molecule has 1 unspecified atom stereocenters. The fraction of sp³-hybridized carbons (Fsp3) is 0.469. The molecule has 1 aliphatic heterocycles. The molecular weight excluding hydrogens is 515 g/mol. The molecule has 8 heteroatoms. The molecule has 1 N–H and O–H groups in total. The van der Waals surface area contributed by atoms with E-state index >= 15 is 0 Å². The number of ketones is 2. The summed E-state index contributed by atoms with van der Waals surface area (Å²) in [4.78, 5) is 32.0. The first-order chi connectivity index (χ1) is 18.9. The van der Waals surface area contributed by atoms with Gasteiger partial charge in [0, 0.05) is 49.8 Å². The van der Waals surface area contributed by atoms with E-state index in [2.05, 4.69) is 29.6 Å². The number of halogens is 3. The van der Waals surface area contributed by atoms with Crippen LogP contribution in [0, 0.1) is 11.8 Å². The van der Waals surface area contributed by atoms with E-state index < -0.39 is 12.6 Å². The van der Waals surface area contributed by atoms with Crippen molar-refractivity contribution in [1.29, 1.82) is 0 Å². The Morgan fingerprint density at radius 2 is 1.68 bits per heavy atom. The molecule has 5 nitrogen and oxygen atoms in total. The molecule has 0 spiro atoms. The number of rotatable bonds is 9. The molecule has 40 heavy (non-hydrogen) atoms. The molecular formula is C32H38F3N3O2. The quantitative estimate of drug-likeness (QED) is 0.339. The van der Waals surface area contributed by atoms with Crippen molar-refractivity contribution in [2.75, 3.05) is 19.0 Å². The number of aliphatic imine (C=N–C) groups is 1. The number of nitrogens with one attached hydrogen (secondary N) is 1. The summed E-state index contributed by atoms with van der Waals surface area (Å²) in [6.07, 6.45) is -0.230. The molecule has 4 rings (SSSR count). The van der Waals surface area contributed by atoms with E-state index in [1.54, 1.807) is 19.1 Å². The minimum absolute atomic E-state index is 0.0184. The second-order valence-electron chi connectivity index (χ2n) is 11.3. The van der Waals surface area contributed by atoms with Crippen molar-refractivity contribution in [3.8, 4) is 0 Å². The summed E-state index contributed by atoms with van der Waals surface area (Å²) < 4.78 is 40.0. The minimum Gasteiger partial charge on any atom is -0.378 e. The Morgan fingerprint density at radius 1 is 1.02 bits per heavy atom. The second kappa shape index (κ2) is 12.4. The van der Waals surface area contributed by atoms with Gasteiger partial charge in [-0.05, 0) is 86.4 Å². The highest BCUT2D eigenvalue weighted by Crippen LogP contribution is 2.34. The molecule has 1 saturated carbocycles. The molecule has 1 atom stereocenters. The number of anilines is 1. The van der Waals surface area contributed by atoms with Gasteiger partial charge < -0.3 is 10.2 Å². The van der Waals surface area contributed by atoms with Crippen LogP contribution in [0.1, 0.15) is 79.0 Å². The van der Waals surface area contributed by atoms with Crippen LogP contribution in [0.5, 0.6) is 0 Å². The molecule has 0 amide bonds. The largest absolute Gasteiger partial charge is 0.393 e. The summed E-state index contributed by atoms with van der Waals surface area (Å²) in [5, 5.41) is 3.24. The van der Waals surface area contributed by atoms with E-state index in [0.29, 0.717) is 38.5 Å². The third kappa shape index (κ3) is 7.61. The zero-order valence-corrected chi connectivity index (χ0v) is 23.6. The lowest BCUT2D eigenvalue weighted by molar-refractivity contribution is -0.127. The van der Waals surface area contributed by atoms with Crippen LogP contribution >= 0.6 is 0 Å². The van der Waals surface area contributed by atoms with Gasteiger partial charge in [-0.25, -0.2) is 0 Å². The molecule has 0 saturated heterocycles. The molecule has 1 heterocycles. The maximum atomic E-state index is 13.4. The van der Waals surface area contributed by atoms with Gasteiger partial charge >= 0.3 is 6.18 Å². The monoisotopic (exact) mass is 553 g/mol. The first-order valence-electron chi connectivity index (χ1n) is 13.9. The number of hydrogen-bond donors (Lipinski definition) is 1. The number of Topliss-reactive ketones (excluding diaryl/α,β-unsaturated/α-hetero) is 2. The van der Waals surface area contributed by atoms with E-state index in [4.69, 9.17) is 4.99 Å². The Morgan fingerprint density at radius 3 is 2.27 bits per heavy atom. The van der Waals surface area contributed by atoms with Crippen molar-refractivity contribution in [1.82, 2.24) is 5.32 Å². The van der Waals surface area contributed by atoms with Gasteiger partial charge in [0.05, 0.1) is 12.5 Å². The molecule has 2 aromatic rings. The average Bonchev–Trinajstić information content (AvgIpc) is 3.34. The smallest absolute Gasteiger partial charge is 0.378 e. The van der Waals surface area contributed by atoms with Crippen LogP contribution in [-0.2, 0) is 17.6 Å². The molecule has 2 aromatic carbocycles. The van der Waals surface area contributed by atoms with E-state index in [1.807, 2.05) is 32.1 Å². The number of nitrogens with zero attached hydrogens (tertiary/aromatic N) is 2. The van der Waals surface area contributed by atoms with E-state index in [-0.39, 0.29) is 40.6 Å². The highest BCUT2D eigenvalue weighted by atomic mass is 19.4. The number of amidine groups is 1. The van der Waals surface area contributed by atoms with Crippen LogP contribution < -0.4 is 10.2 Å². The number of carbonyl (C=O) groups is 2. The lowest BCUT2D eigenvalue weighted by Crippen LogP contribution is -2.26. The van der Waals surface area contributed by atoms with Crippen LogP contribution in [0.2, 0.25) is 0 Å². The van der Waals surface area contributed by atoms with Crippen molar-refractivity contribution >= 4 is 23.1 Å². The predicted octanol–water partition coefficient (Wildman–Crippen LogP) is 7.01. The molecule has 0 aromatic heterocycles. The molecule has 0 bridgehead atoms. The van der Waals surface area contributed by atoms with Gasteiger partial charge in [-0.1, -0.05) is 24.3 Å². The topological polar surface area (TPSA) is 61.8 Å². The van der Waals surface area contributed by atoms with Gasteiger partial charge in [-0.3, -0.25) is 14.6 Å². The van der Waals surface area contributed by atoms with Gasteiger partial charge in [0.15, 0.2) is 5.78 Å². The number of alkyl halides is 3. The van der Waals surface area contributed by atoms with Crippen LogP contribution in [0.4, 0.5) is 18.9 Å². The van der Waals surface area contributed by atoms with Crippen molar-refractivity contribution in [3.05, 3.63) is 76.5 Å². The minimum atomic E-state index is -4.41. The van der Waals surface area contributed by atoms with Crippen molar-refractivity contribution in [2.24, 2.45) is 16.8 Å². The Hall–Kier alpha value is -3.42. The Bertz CT molecular complexity index is 1290. The summed E-state index contributed by atoms with van der Waals surface area (Å²) in [5.74, 6) is 0.313. The summed E-state index contributed by atoms with van der Waals surface area (Å²) in [7, 11) is 4.00. The molecule has 2 aliphatic rings. The number of benzene rings is 2. The zero-order valence-electron chi connectivity index (χ0n) is 23.6. The lowest BCUT2D eigenvalue weighted by atomic mass is 9.76. The van der Waals surface area contributed by atoms with Gasteiger partial charge in [0.2, 0.25) is 0 Å². The number of hydrogen-bond acceptors (Lipinski definition) is 4. The van der Waals surface area contributed by atoms with Gasteiger partial charge in [0.1, 0.15) is 11.6 Å². The van der Waals surface area contributed by atoms with Gasteiger partial charge in [-0.15, -0.1) is 0 Å². The zero-order chi connectivity index (χ0) is 29.0. The van der Waals surface area contributed by atoms with Crippen molar-refractivity contribution in [2.45, 2.75) is 71.0 Å². The third-order valence-electron chi connectivity index (χ3n) is 8.01. The summed E-state index contributed by atoms with van der Waals surface area (Å²) >= 11 is 0. The maximum absolute atomic E-state index is 13.4. The molecule has 0 radical (unpaired) electrons.